The zero-order chi connectivity index (χ0) is 17.6. The first-order valence-electron chi connectivity index (χ1n) is 8.57. The van der Waals surface area contributed by atoms with Crippen LogP contribution in [0.25, 0.3) is 11.0 Å². The number of amides is 1. The minimum absolute atomic E-state index is 0.0541. The highest BCUT2D eigenvalue weighted by atomic mass is 16.5. The quantitative estimate of drug-likeness (QED) is 0.923. The summed E-state index contributed by atoms with van der Waals surface area (Å²) >= 11 is 0. The molecular formula is C19H21NO5. The topological polar surface area (TPSA) is 80.0 Å². The lowest BCUT2D eigenvalue weighted by Gasteiger charge is -2.32. The molecule has 1 aromatic carbocycles. The number of piperidine rings is 1. The van der Waals surface area contributed by atoms with Gasteiger partial charge in [0.1, 0.15) is 11.3 Å². The lowest BCUT2D eigenvalue weighted by Crippen LogP contribution is -2.40. The Kier molecular flexibility index (Phi) is 3.71. The highest BCUT2D eigenvalue weighted by molar-refractivity contribution is 5.88. The monoisotopic (exact) mass is 343 g/mol. The van der Waals surface area contributed by atoms with E-state index in [1.807, 2.05) is 23.1 Å². The van der Waals surface area contributed by atoms with Gasteiger partial charge in [0, 0.05) is 30.1 Å². The molecule has 2 fully saturated rings. The number of ether oxygens (including phenoxy) is 1. The van der Waals surface area contributed by atoms with Crippen molar-refractivity contribution in [3.05, 3.63) is 30.0 Å². The molecule has 4 rings (SSSR count). The van der Waals surface area contributed by atoms with Gasteiger partial charge in [0.05, 0.1) is 25.7 Å². The Labute approximate surface area is 145 Å². The third kappa shape index (κ3) is 2.75. The minimum atomic E-state index is -0.694. The van der Waals surface area contributed by atoms with Crippen molar-refractivity contribution in [2.24, 2.45) is 11.3 Å². The molecule has 1 saturated heterocycles. The molecule has 1 spiro atoms. The summed E-state index contributed by atoms with van der Waals surface area (Å²) in [5.74, 6) is -0.114. The van der Waals surface area contributed by atoms with Crippen LogP contribution in [-0.4, -0.2) is 42.1 Å². The zero-order valence-electron chi connectivity index (χ0n) is 14.2. The normalized spacial score (nSPS) is 21.5. The maximum absolute atomic E-state index is 12.6. The van der Waals surface area contributed by atoms with E-state index in [0.717, 1.165) is 36.0 Å². The molecule has 1 aromatic heterocycles. The average molecular weight is 343 g/mol. The molecular weight excluding hydrogens is 322 g/mol. The van der Waals surface area contributed by atoms with Gasteiger partial charge in [0.2, 0.25) is 5.91 Å². The first-order valence-corrected chi connectivity index (χ1v) is 8.57. The van der Waals surface area contributed by atoms with Crippen LogP contribution in [0.3, 0.4) is 0 Å². The van der Waals surface area contributed by atoms with Gasteiger partial charge >= 0.3 is 5.97 Å². The van der Waals surface area contributed by atoms with E-state index >= 15 is 0 Å². The van der Waals surface area contributed by atoms with Gasteiger partial charge in [-0.15, -0.1) is 0 Å². The summed E-state index contributed by atoms with van der Waals surface area (Å²) in [6.45, 7) is 1.29. The number of rotatable bonds is 4. The highest BCUT2D eigenvalue weighted by Crippen LogP contribution is 2.59. The summed E-state index contributed by atoms with van der Waals surface area (Å²) < 4.78 is 10.7. The fourth-order valence-electron chi connectivity index (χ4n) is 4.05. The van der Waals surface area contributed by atoms with E-state index < -0.39 is 5.97 Å². The molecule has 2 heterocycles. The van der Waals surface area contributed by atoms with Crippen molar-refractivity contribution in [1.29, 1.82) is 0 Å². The number of hydrogen-bond acceptors (Lipinski definition) is 4. The smallest absolute Gasteiger partial charge is 0.307 e. The number of likely N-dealkylation sites (tertiary alicyclic amines) is 1. The zero-order valence-corrected chi connectivity index (χ0v) is 14.2. The molecule has 0 bridgehead atoms. The van der Waals surface area contributed by atoms with Crippen molar-refractivity contribution in [3.8, 4) is 5.75 Å². The fraction of sp³-hybridized carbons (Fsp3) is 0.474. The minimum Gasteiger partial charge on any atom is -0.497 e. The van der Waals surface area contributed by atoms with Crippen molar-refractivity contribution in [2.45, 2.75) is 25.7 Å². The second-order valence-corrected chi connectivity index (χ2v) is 7.14. The predicted molar refractivity (Wildman–Crippen MR) is 90.5 cm³/mol. The second-order valence-electron chi connectivity index (χ2n) is 7.14. The number of methoxy groups -OCH3 is 1. The van der Waals surface area contributed by atoms with E-state index in [4.69, 9.17) is 14.3 Å². The Bertz CT molecular complexity index is 831. The first kappa shape index (κ1) is 16.0. The SMILES string of the molecule is COc1ccc2c(CC(=O)N3CCC4(CC3)CC4C(=O)O)coc2c1. The Morgan fingerprint density at radius 2 is 2.12 bits per heavy atom. The molecule has 1 amide bonds. The van der Waals surface area contributed by atoms with E-state index in [9.17, 15) is 9.59 Å². The van der Waals surface area contributed by atoms with Crippen LogP contribution in [0, 0.1) is 11.3 Å². The Morgan fingerprint density at radius 1 is 1.36 bits per heavy atom. The summed E-state index contributed by atoms with van der Waals surface area (Å²) in [5, 5.41) is 10.1. The predicted octanol–water partition coefficient (Wildman–Crippen LogP) is 2.70. The van der Waals surface area contributed by atoms with Crippen molar-refractivity contribution in [2.75, 3.05) is 20.2 Å². The molecule has 1 aliphatic heterocycles. The Balaban J connectivity index is 1.41. The number of carboxylic acid groups (broad SMARTS) is 1. The lowest BCUT2D eigenvalue weighted by atomic mass is 9.90. The molecule has 1 unspecified atom stereocenters. The van der Waals surface area contributed by atoms with Crippen molar-refractivity contribution < 1.29 is 23.8 Å². The maximum Gasteiger partial charge on any atom is 0.307 e. The Hall–Kier alpha value is -2.50. The van der Waals surface area contributed by atoms with Crippen molar-refractivity contribution in [1.82, 2.24) is 4.90 Å². The fourth-order valence-corrected chi connectivity index (χ4v) is 4.05. The molecule has 1 N–H and O–H groups in total. The van der Waals surface area contributed by atoms with Gasteiger partial charge in [-0.05, 0) is 36.8 Å². The van der Waals surface area contributed by atoms with Crippen LogP contribution in [0.2, 0.25) is 0 Å². The van der Waals surface area contributed by atoms with Crippen LogP contribution in [-0.2, 0) is 16.0 Å². The summed E-state index contributed by atoms with van der Waals surface area (Å²) in [4.78, 5) is 25.6. The van der Waals surface area contributed by atoms with Crippen molar-refractivity contribution in [3.63, 3.8) is 0 Å². The van der Waals surface area contributed by atoms with Gasteiger partial charge in [-0.3, -0.25) is 9.59 Å². The third-order valence-electron chi connectivity index (χ3n) is 5.80. The number of hydrogen-bond donors (Lipinski definition) is 1. The molecule has 2 aliphatic rings. The van der Waals surface area contributed by atoms with Crippen LogP contribution < -0.4 is 4.74 Å². The molecule has 132 valence electrons. The maximum atomic E-state index is 12.6. The molecule has 25 heavy (non-hydrogen) atoms. The van der Waals surface area contributed by atoms with E-state index in [0.29, 0.717) is 25.1 Å². The lowest BCUT2D eigenvalue weighted by molar-refractivity contribution is -0.139. The van der Waals surface area contributed by atoms with E-state index in [1.54, 1.807) is 13.4 Å². The summed E-state index contributed by atoms with van der Waals surface area (Å²) in [5.41, 5.74) is 1.53. The van der Waals surface area contributed by atoms with Gasteiger partial charge in [0.25, 0.3) is 0 Å². The van der Waals surface area contributed by atoms with E-state index in [2.05, 4.69) is 0 Å². The summed E-state index contributed by atoms with van der Waals surface area (Å²) in [6, 6.07) is 5.58. The summed E-state index contributed by atoms with van der Waals surface area (Å²) in [6.07, 6.45) is 4.28. The standard InChI is InChI=1S/C19H21NO5/c1-24-13-2-3-14-12(11-25-16(14)9-13)8-17(21)20-6-4-19(5-7-20)10-15(19)18(22)23/h2-3,9,11,15H,4-8,10H2,1H3,(H,22,23). The number of fused-ring (bicyclic) bond motifs is 1. The van der Waals surface area contributed by atoms with Gasteiger partial charge < -0.3 is 19.2 Å². The van der Waals surface area contributed by atoms with Crippen molar-refractivity contribution >= 4 is 22.8 Å². The number of carboxylic acids is 1. The molecule has 2 aromatic rings. The van der Waals surface area contributed by atoms with Crippen LogP contribution in [0.5, 0.6) is 5.75 Å². The number of furan rings is 1. The molecule has 0 radical (unpaired) electrons. The van der Waals surface area contributed by atoms with E-state index in [-0.39, 0.29) is 17.2 Å². The van der Waals surface area contributed by atoms with Gasteiger partial charge in [-0.2, -0.15) is 0 Å². The van der Waals surface area contributed by atoms with Gasteiger partial charge in [-0.1, -0.05) is 0 Å². The molecule has 6 heteroatoms. The average Bonchev–Trinajstić information content (AvgIpc) is 3.18. The second kappa shape index (κ2) is 5.79. The first-order chi connectivity index (χ1) is 12.0. The number of nitrogens with zero attached hydrogens (tertiary/aromatic N) is 1. The summed E-state index contributed by atoms with van der Waals surface area (Å²) in [7, 11) is 1.60. The largest absolute Gasteiger partial charge is 0.497 e. The highest BCUT2D eigenvalue weighted by Gasteiger charge is 2.59. The van der Waals surface area contributed by atoms with Crippen LogP contribution >= 0.6 is 0 Å². The number of carbonyl (C=O) groups is 2. The van der Waals surface area contributed by atoms with Crippen LogP contribution in [0.4, 0.5) is 0 Å². The molecule has 1 atom stereocenters. The molecule has 6 nitrogen and oxygen atoms in total. The Morgan fingerprint density at radius 3 is 2.76 bits per heavy atom. The number of carbonyl (C=O) groups excluding carboxylic acids is 1. The molecule has 1 saturated carbocycles. The molecule has 1 aliphatic carbocycles. The van der Waals surface area contributed by atoms with Crippen LogP contribution in [0.1, 0.15) is 24.8 Å². The van der Waals surface area contributed by atoms with Gasteiger partial charge in [-0.25, -0.2) is 0 Å². The van der Waals surface area contributed by atoms with E-state index in [1.165, 1.54) is 0 Å². The van der Waals surface area contributed by atoms with Crippen LogP contribution in [0.15, 0.2) is 28.9 Å². The third-order valence-corrected chi connectivity index (χ3v) is 5.80. The number of benzene rings is 1. The number of aliphatic carboxylic acids is 1. The van der Waals surface area contributed by atoms with Gasteiger partial charge in [0.15, 0.2) is 0 Å².